The van der Waals surface area contributed by atoms with Crippen LogP contribution in [0.2, 0.25) is 0 Å². The molecule has 0 bridgehead atoms. The lowest BCUT2D eigenvalue weighted by atomic mass is 9.78. The summed E-state index contributed by atoms with van der Waals surface area (Å²) in [6.07, 6.45) is 4.01. The lowest BCUT2D eigenvalue weighted by Crippen LogP contribution is -2.44. The van der Waals surface area contributed by atoms with Crippen molar-refractivity contribution in [2.45, 2.75) is 59.4 Å². The number of amides is 1. The van der Waals surface area contributed by atoms with Crippen molar-refractivity contribution in [1.82, 2.24) is 10.3 Å². The number of nitrogens with zero attached hydrogens (tertiary/aromatic N) is 1. The fourth-order valence-electron chi connectivity index (χ4n) is 3.72. The van der Waals surface area contributed by atoms with Crippen molar-refractivity contribution in [2.75, 3.05) is 0 Å². The molecule has 0 radical (unpaired) electrons. The molecule has 0 saturated heterocycles. The molecule has 25 heavy (non-hydrogen) atoms. The van der Waals surface area contributed by atoms with Gasteiger partial charge in [-0.15, -0.1) is 11.3 Å². The Labute approximate surface area is 154 Å². The van der Waals surface area contributed by atoms with Crippen LogP contribution >= 0.6 is 11.3 Å². The van der Waals surface area contributed by atoms with Gasteiger partial charge in [0.25, 0.3) is 0 Å². The molecule has 3 unspecified atom stereocenters. The quantitative estimate of drug-likeness (QED) is 0.845. The summed E-state index contributed by atoms with van der Waals surface area (Å²) in [6.45, 7) is 8.65. The highest BCUT2D eigenvalue weighted by molar-refractivity contribution is 7.12. The Morgan fingerprint density at radius 2 is 1.92 bits per heavy atom. The van der Waals surface area contributed by atoms with Crippen molar-refractivity contribution >= 4 is 17.2 Å². The first kappa shape index (κ1) is 18.1. The van der Waals surface area contributed by atoms with Crippen LogP contribution in [0.15, 0.2) is 24.3 Å². The maximum Gasteiger partial charge on any atom is 0.225 e. The molecule has 134 valence electrons. The number of nitrogens with one attached hydrogen (secondary N) is 1. The second-order valence-electron chi connectivity index (χ2n) is 7.49. The number of carbonyl (C=O) groups is 1. The first-order chi connectivity index (χ1) is 11.9. The maximum absolute atomic E-state index is 12.6. The van der Waals surface area contributed by atoms with Crippen LogP contribution in [0, 0.1) is 25.7 Å². The van der Waals surface area contributed by atoms with Gasteiger partial charge in [0.2, 0.25) is 5.91 Å². The number of aromatic nitrogens is 1. The van der Waals surface area contributed by atoms with Crippen molar-refractivity contribution in [3.05, 3.63) is 39.7 Å². The SMILES string of the molecule is Cc1ccc(-c2nc(C)sc2CC(=O)NC2CCCC(C)C2C)cc1. The normalized spacial score (nSPS) is 23.4. The molecule has 1 heterocycles. The highest BCUT2D eigenvalue weighted by atomic mass is 32.1. The van der Waals surface area contributed by atoms with Gasteiger partial charge in [-0.05, 0) is 32.1 Å². The number of carbonyl (C=O) groups excluding carboxylic acids is 1. The molecule has 3 nitrogen and oxygen atoms in total. The fraction of sp³-hybridized carbons (Fsp3) is 0.524. The van der Waals surface area contributed by atoms with Crippen molar-refractivity contribution in [3.8, 4) is 11.3 Å². The third-order valence-electron chi connectivity index (χ3n) is 5.50. The molecular weight excluding hydrogens is 328 g/mol. The molecular formula is C21H28N2OS. The average molecular weight is 357 g/mol. The van der Waals surface area contributed by atoms with Gasteiger partial charge < -0.3 is 5.32 Å². The Kier molecular flexibility index (Phi) is 5.57. The van der Waals surface area contributed by atoms with Gasteiger partial charge in [0, 0.05) is 16.5 Å². The zero-order valence-electron chi connectivity index (χ0n) is 15.6. The van der Waals surface area contributed by atoms with E-state index >= 15 is 0 Å². The Morgan fingerprint density at radius 1 is 1.20 bits per heavy atom. The smallest absolute Gasteiger partial charge is 0.225 e. The Balaban J connectivity index is 1.72. The monoisotopic (exact) mass is 356 g/mol. The standard InChI is InChI=1S/C21H28N2OS/c1-13-8-10-17(11-9-13)21-19(25-16(4)22-21)12-20(24)23-18-7-5-6-14(2)15(18)3/h8-11,14-15,18H,5-7,12H2,1-4H3,(H,23,24). The van der Waals surface area contributed by atoms with Crippen LogP contribution < -0.4 is 5.32 Å². The predicted octanol–water partition coefficient (Wildman–Crippen LogP) is 4.91. The molecule has 3 rings (SSSR count). The summed E-state index contributed by atoms with van der Waals surface area (Å²) < 4.78 is 0. The topological polar surface area (TPSA) is 42.0 Å². The van der Waals surface area contributed by atoms with E-state index < -0.39 is 0 Å². The highest BCUT2D eigenvalue weighted by Crippen LogP contribution is 2.31. The van der Waals surface area contributed by atoms with Gasteiger partial charge in [0.05, 0.1) is 17.1 Å². The lowest BCUT2D eigenvalue weighted by Gasteiger charge is -2.34. The minimum Gasteiger partial charge on any atom is -0.353 e. The Morgan fingerprint density at radius 3 is 2.64 bits per heavy atom. The molecule has 1 amide bonds. The van der Waals surface area contributed by atoms with Crippen molar-refractivity contribution in [1.29, 1.82) is 0 Å². The van der Waals surface area contributed by atoms with Crippen LogP contribution in [-0.2, 0) is 11.2 Å². The van der Waals surface area contributed by atoms with Gasteiger partial charge in [-0.3, -0.25) is 4.79 Å². The molecule has 0 aliphatic heterocycles. The van der Waals surface area contributed by atoms with E-state index in [0.717, 1.165) is 27.6 Å². The average Bonchev–Trinajstić information content (AvgIpc) is 2.93. The summed E-state index contributed by atoms with van der Waals surface area (Å²) in [5, 5.41) is 4.30. The summed E-state index contributed by atoms with van der Waals surface area (Å²) in [4.78, 5) is 18.4. The highest BCUT2D eigenvalue weighted by Gasteiger charge is 2.28. The number of benzene rings is 1. The van der Waals surface area contributed by atoms with Crippen LogP contribution in [-0.4, -0.2) is 16.9 Å². The van der Waals surface area contributed by atoms with Crippen LogP contribution in [0.4, 0.5) is 0 Å². The third-order valence-corrected chi connectivity index (χ3v) is 6.47. The number of thiazole rings is 1. The van der Waals surface area contributed by atoms with E-state index in [1.54, 1.807) is 11.3 Å². The predicted molar refractivity (Wildman–Crippen MR) is 105 cm³/mol. The fourth-order valence-corrected chi connectivity index (χ4v) is 4.67. The van der Waals surface area contributed by atoms with E-state index in [1.165, 1.54) is 18.4 Å². The number of rotatable bonds is 4. The van der Waals surface area contributed by atoms with E-state index in [9.17, 15) is 4.79 Å². The van der Waals surface area contributed by atoms with Gasteiger partial charge in [-0.1, -0.05) is 56.5 Å². The third kappa shape index (κ3) is 4.30. The number of aryl methyl sites for hydroxylation is 2. The van der Waals surface area contributed by atoms with E-state index in [0.29, 0.717) is 24.3 Å². The molecule has 1 N–H and O–H groups in total. The Bertz CT molecular complexity index is 735. The largest absolute Gasteiger partial charge is 0.353 e. The van der Waals surface area contributed by atoms with Crippen molar-refractivity contribution in [2.24, 2.45) is 11.8 Å². The first-order valence-corrected chi connectivity index (χ1v) is 10.1. The molecule has 1 fully saturated rings. The zero-order valence-corrected chi connectivity index (χ0v) is 16.5. The number of hydrogen-bond acceptors (Lipinski definition) is 3. The van der Waals surface area contributed by atoms with E-state index in [4.69, 9.17) is 0 Å². The second kappa shape index (κ2) is 7.69. The van der Waals surface area contributed by atoms with E-state index in [2.05, 4.69) is 55.3 Å². The van der Waals surface area contributed by atoms with Gasteiger partial charge in [-0.2, -0.15) is 0 Å². The Hall–Kier alpha value is -1.68. The summed E-state index contributed by atoms with van der Waals surface area (Å²) in [7, 11) is 0. The van der Waals surface area contributed by atoms with Crippen LogP contribution in [0.25, 0.3) is 11.3 Å². The molecule has 3 atom stereocenters. The molecule has 1 saturated carbocycles. The molecule has 1 aromatic carbocycles. The first-order valence-electron chi connectivity index (χ1n) is 9.26. The van der Waals surface area contributed by atoms with Crippen molar-refractivity contribution in [3.63, 3.8) is 0 Å². The summed E-state index contributed by atoms with van der Waals surface area (Å²) in [6, 6.07) is 8.69. The maximum atomic E-state index is 12.6. The molecule has 4 heteroatoms. The van der Waals surface area contributed by atoms with Crippen LogP contribution in [0.3, 0.4) is 0 Å². The van der Waals surface area contributed by atoms with E-state index in [-0.39, 0.29) is 5.91 Å². The summed E-state index contributed by atoms with van der Waals surface area (Å²) in [5.41, 5.74) is 3.29. The van der Waals surface area contributed by atoms with Gasteiger partial charge in [0.1, 0.15) is 0 Å². The minimum atomic E-state index is 0.128. The van der Waals surface area contributed by atoms with Crippen molar-refractivity contribution < 1.29 is 4.79 Å². The van der Waals surface area contributed by atoms with Crippen LogP contribution in [0.5, 0.6) is 0 Å². The molecule has 0 spiro atoms. The zero-order chi connectivity index (χ0) is 18.0. The molecule has 1 aliphatic carbocycles. The lowest BCUT2D eigenvalue weighted by molar-refractivity contribution is -0.121. The van der Waals surface area contributed by atoms with Gasteiger partial charge in [0.15, 0.2) is 0 Å². The summed E-state index contributed by atoms with van der Waals surface area (Å²) >= 11 is 1.63. The molecule has 2 aromatic rings. The van der Waals surface area contributed by atoms with E-state index in [1.807, 2.05) is 6.92 Å². The molecule has 1 aliphatic rings. The minimum absolute atomic E-state index is 0.128. The summed E-state index contributed by atoms with van der Waals surface area (Å²) in [5.74, 6) is 1.37. The van der Waals surface area contributed by atoms with Crippen LogP contribution in [0.1, 0.15) is 48.6 Å². The van der Waals surface area contributed by atoms with Gasteiger partial charge in [-0.25, -0.2) is 4.98 Å². The van der Waals surface area contributed by atoms with Gasteiger partial charge >= 0.3 is 0 Å². The molecule has 1 aromatic heterocycles. The number of hydrogen-bond donors (Lipinski definition) is 1. The second-order valence-corrected chi connectivity index (χ2v) is 8.78.